The lowest BCUT2D eigenvalue weighted by molar-refractivity contribution is 0.581. The minimum Gasteiger partial charge on any atom is -0.306 e. The van der Waals surface area contributed by atoms with Crippen molar-refractivity contribution in [1.29, 1.82) is 10.5 Å². The van der Waals surface area contributed by atoms with Crippen molar-refractivity contribution >= 4 is 131 Å². The van der Waals surface area contributed by atoms with E-state index in [0.717, 1.165) is 209 Å². The Morgan fingerprint density at radius 1 is 0.152 bits per heavy atom. The van der Waals surface area contributed by atoms with E-state index in [0.29, 0.717) is 11.1 Å². The van der Waals surface area contributed by atoms with Crippen molar-refractivity contribution in [3.8, 4) is 113 Å². The zero-order valence-electron chi connectivity index (χ0n) is 71.1. The summed E-state index contributed by atoms with van der Waals surface area (Å²) in [5.74, 6) is -1.57. The zero-order valence-corrected chi connectivity index (χ0v) is 71.1. The van der Waals surface area contributed by atoms with E-state index in [2.05, 4.69) is 352 Å². The molecule has 0 aliphatic rings. The molecule has 0 atom stereocenters. The van der Waals surface area contributed by atoms with Crippen LogP contribution < -0.4 is 0 Å². The topological polar surface area (TPSA) is 77.2 Å². The van der Waals surface area contributed by atoms with Crippen molar-refractivity contribution in [3.05, 3.63) is 472 Å². The molecule has 132 heavy (non-hydrogen) atoms. The predicted molar refractivity (Wildman–Crippen MR) is 541 cm³/mol. The van der Waals surface area contributed by atoms with Crippen LogP contribution in [0.3, 0.4) is 0 Å². The van der Waals surface area contributed by atoms with Gasteiger partial charge >= 0.3 is 0 Å². The van der Waals surface area contributed by atoms with Crippen LogP contribution in [0.5, 0.6) is 0 Å². The molecular formula is C122H74F2N8. The molecule has 0 amide bonds. The van der Waals surface area contributed by atoms with E-state index in [4.69, 9.17) is 0 Å². The van der Waals surface area contributed by atoms with Crippen LogP contribution in [0.2, 0.25) is 0 Å². The number of para-hydroxylation sites is 8. The van der Waals surface area contributed by atoms with Crippen LogP contribution in [-0.4, -0.2) is 27.4 Å². The Bertz CT molecular complexity index is 8420. The highest BCUT2D eigenvalue weighted by atomic mass is 19.1. The number of halogens is 2. The van der Waals surface area contributed by atoms with Crippen molar-refractivity contribution in [2.75, 3.05) is 0 Å². The van der Waals surface area contributed by atoms with Gasteiger partial charge in [0.05, 0.1) is 94.5 Å². The van der Waals surface area contributed by atoms with Gasteiger partial charge in [-0.15, -0.1) is 0 Å². The molecule has 10 heteroatoms. The van der Waals surface area contributed by atoms with E-state index in [9.17, 15) is 10.5 Å². The van der Waals surface area contributed by atoms with E-state index < -0.39 is 11.6 Å². The number of nitriles is 2. The summed E-state index contributed by atoms with van der Waals surface area (Å²) in [6, 6.07) is 161. The summed E-state index contributed by atoms with van der Waals surface area (Å²) in [5, 5.41) is 36.4. The smallest absolute Gasteiger partial charge is 0.159 e. The molecule has 6 heterocycles. The maximum absolute atomic E-state index is 17.1. The average Bonchev–Trinajstić information content (AvgIpc) is 1.48. The largest absolute Gasteiger partial charge is 0.306 e. The molecule has 0 aliphatic heterocycles. The molecule has 0 radical (unpaired) electrons. The van der Waals surface area contributed by atoms with E-state index in [1.54, 1.807) is 33.4 Å². The average molecular weight is 1690 g/mol. The summed E-state index contributed by atoms with van der Waals surface area (Å²) in [5.41, 5.74) is 25.9. The standard InChI is InChI=1S/C85H53N5.C37H21F2N3/c86-54-72-82(87-73-38-20-16-34-64(73)65-35-17-21-39-74(65)87)84(89-77-46-42-60(55-24-6-1-7-25-55)50-68(77)69-51-61(43-47-78(69)89)56-26-8-2-9-27-56)81(59-32-14-5-15-33-59)85(83(72)88-75-40-22-18-36-66(75)67-37-19-23-41-76(67)88)90-79-48-44-62(57-28-10-3-11-29-57)52-70(79)71-53-63(45-49-80(71)90)58-30-12-4-13-31-58;38-34-33(23-12-2-1-3-13-23)35(39)37(42-31-20-10-6-16-26(31)27-17-7-11-21-32(27)42)28(22-40)36(34)41-29-18-8-4-14-24(29)25-15-5-9-19-30(25)41/h1-53H;1-21H. The number of hydrogen-bond acceptors (Lipinski definition) is 2. The number of fused-ring (bicyclic) bond motifs is 18. The fourth-order valence-corrected chi connectivity index (χ4v) is 21.0. The molecule has 0 fully saturated rings. The van der Waals surface area contributed by atoms with Crippen molar-refractivity contribution in [3.63, 3.8) is 0 Å². The Morgan fingerprint density at radius 2 is 0.326 bits per heavy atom. The second kappa shape index (κ2) is 31.0. The lowest BCUT2D eigenvalue weighted by Crippen LogP contribution is -2.16. The van der Waals surface area contributed by atoms with Gasteiger partial charge in [-0.2, -0.15) is 10.5 Å². The monoisotopic (exact) mass is 1690 g/mol. The lowest BCUT2D eigenvalue weighted by Gasteiger charge is -2.29. The third-order valence-electron chi connectivity index (χ3n) is 26.7. The third kappa shape index (κ3) is 11.8. The second-order valence-corrected chi connectivity index (χ2v) is 33.7. The van der Waals surface area contributed by atoms with Crippen molar-refractivity contribution in [2.45, 2.75) is 0 Å². The van der Waals surface area contributed by atoms with Crippen LogP contribution in [0.1, 0.15) is 11.1 Å². The molecular weight excluding hydrogens is 1620 g/mol. The van der Waals surface area contributed by atoms with Gasteiger partial charge < -0.3 is 27.4 Å². The summed E-state index contributed by atoms with van der Waals surface area (Å²) in [7, 11) is 0. The van der Waals surface area contributed by atoms with Gasteiger partial charge in [-0.05, 0) is 153 Å². The summed E-state index contributed by atoms with van der Waals surface area (Å²) < 4.78 is 47.6. The molecule has 0 saturated carbocycles. The number of rotatable bonds is 12. The molecule has 0 spiro atoms. The van der Waals surface area contributed by atoms with Gasteiger partial charge in [-0.25, -0.2) is 8.78 Å². The molecule has 26 rings (SSSR count). The van der Waals surface area contributed by atoms with E-state index in [1.807, 2.05) is 103 Å². The highest BCUT2D eigenvalue weighted by molar-refractivity contribution is 6.20. The van der Waals surface area contributed by atoms with Crippen LogP contribution in [0.25, 0.3) is 232 Å². The molecule has 6 aromatic heterocycles. The quantitative estimate of drug-likeness (QED) is 0.122. The van der Waals surface area contributed by atoms with Gasteiger partial charge in [0.25, 0.3) is 0 Å². The van der Waals surface area contributed by atoms with Gasteiger partial charge in [0.2, 0.25) is 0 Å². The third-order valence-corrected chi connectivity index (χ3v) is 26.7. The first-order valence-electron chi connectivity index (χ1n) is 44.4. The van der Waals surface area contributed by atoms with Crippen LogP contribution in [0, 0.1) is 34.3 Å². The van der Waals surface area contributed by atoms with Crippen LogP contribution in [0.4, 0.5) is 8.78 Å². The minimum atomic E-state index is -0.786. The van der Waals surface area contributed by atoms with E-state index in [1.165, 1.54) is 0 Å². The minimum absolute atomic E-state index is 0.0204. The van der Waals surface area contributed by atoms with Gasteiger partial charge in [0.1, 0.15) is 34.6 Å². The summed E-state index contributed by atoms with van der Waals surface area (Å²) in [6.45, 7) is 0. The second-order valence-electron chi connectivity index (χ2n) is 33.7. The number of hydrogen-bond donors (Lipinski definition) is 0. The Morgan fingerprint density at radius 3 is 0.553 bits per heavy atom. The Balaban J connectivity index is 0.000000186. The fraction of sp³-hybridized carbons (Fsp3) is 0. The first-order valence-corrected chi connectivity index (χ1v) is 44.4. The van der Waals surface area contributed by atoms with Crippen LogP contribution in [-0.2, 0) is 0 Å². The van der Waals surface area contributed by atoms with Gasteiger partial charge in [-0.3, -0.25) is 0 Å². The van der Waals surface area contributed by atoms with E-state index in [-0.39, 0.29) is 22.5 Å². The molecule has 0 saturated heterocycles. The number of nitrogens with zero attached hydrogens (tertiary/aromatic N) is 8. The summed E-state index contributed by atoms with van der Waals surface area (Å²) in [6.07, 6.45) is 0. The van der Waals surface area contributed by atoms with E-state index >= 15 is 8.78 Å². The number of aromatic nitrogens is 6. The Kier molecular flexibility index (Phi) is 17.9. The van der Waals surface area contributed by atoms with Gasteiger partial charge in [0.15, 0.2) is 11.6 Å². The highest BCUT2D eigenvalue weighted by Gasteiger charge is 2.37. The van der Waals surface area contributed by atoms with Crippen molar-refractivity contribution in [1.82, 2.24) is 27.4 Å². The van der Waals surface area contributed by atoms with Crippen molar-refractivity contribution < 1.29 is 8.78 Å². The van der Waals surface area contributed by atoms with Crippen molar-refractivity contribution in [2.24, 2.45) is 0 Å². The predicted octanol–water partition coefficient (Wildman–Crippen LogP) is 32.0. The maximum Gasteiger partial charge on any atom is 0.159 e. The van der Waals surface area contributed by atoms with Crippen LogP contribution in [0.15, 0.2) is 449 Å². The molecule has 616 valence electrons. The Labute approximate surface area is 757 Å². The molecule has 8 nitrogen and oxygen atoms in total. The Hall–Kier alpha value is -18.0. The fourth-order valence-electron chi connectivity index (χ4n) is 21.0. The lowest BCUT2D eigenvalue weighted by atomic mass is 9.93. The molecule has 0 N–H and O–H groups in total. The first-order chi connectivity index (χ1) is 65.3. The van der Waals surface area contributed by atoms with Gasteiger partial charge in [0, 0.05) is 70.2 Å². The molecule has 26 aromatic rings. The zero-order chi connectivity index (χ0) is 87.8. The SMILES string of the molecule is N#Cc1c(-n2c3ccccc3c3ccccc32)c(-n2c3ccc(-c4ccccc4)cc3c3cc(-c4ccccc4)ccc32)c(-c2ccccc2)c(-n2c3ccc(-c4ccccc4)cc3c3cc(-c4ccccc4)ccc32)c1-n1c2ccccc2c2ccccc21.N#Cc1c(-n2c3ccccc3c3ccccc32)c(F)c(-c2ccccc2)c(F)c1-n1c2ccccc2c2ccccc21. The maximum atomic E-state index is 17.1. The number of benzene rings is 20. The normalized spacial score (nSPS) is 11.7. The molecule has 0 unspecified atom stereocenters. The molecule has 0 bridgehead atoms. The van der Waals surface area contributed by atoms with Crippen LogP contribution >= 0.6 is 0 Å². The molecule has 0 aliphatic carbocycles. The molecule has 20 aromatic carbocycles. The van der Waals surface area contributed by atoms with Gasteiger partial charge in [-0.1, -0.05) is 352 Å². The summed E-state index contributed by atoms with van der Waals surface area (Å²) in [4.78, 5) is 0. The summed E-state index contributed by atoms with van der Waals surface area (Å²) >= 11 is 0. The highest BCUT2D eigenvalue weighted by Crippen LogP contribution is 2.54. The first kappa shape index (κ1) is 76.5.